The second-order valence-corrected chi connectivity index (χ2v) is 6.80. The van der Waals surface area contributed by atoms with E-state index in [9.17, 15) is 8.42 Å². The van der Waals surface area contributed by atoms with Gasteiger partial charge in [0.1, 0.15) is 10.4 Å². The van der Waals surface area contributed by atoms with E-state index in [4.69, 9.17) is 4.52 Å². The first kappa shape index (κ1) is 14.2. The summed E-state index contributed by atoms with van der Waals surface area (Å²) in [5, 5.41) is 3.58. The van der Waals surface area contributed by atoms with Gasteiger partial charge >= 0.3 is 0 Å². The van der Waals surface area contributed by atoms with Crippen LogP contribution >= 0.6 is 15.9 Å². The minimum absolute atomic E-state index is 0.225. The van der Waals surface area contributed by atoms with Crippen molar-refractivity contribution >= 4 is 26.0 Å². The van der Waals surface area contributed by atoms with Crippen LogP contribution in [0.2, 0.25) is 0 Å². The van der Waals surface area contributed by atoms with Crippen molar-refractivity contribution in [3.05, 3.63) is 51.8 Å². The fourth-order valence-electron chi connectivity index (χ4n) is 1.49. The van der Waals surface area contributed by atoms with Gasteiger partial charge in [-0.25, -0.2) is 13.1 Å². The van der Waals surface area contributed by atoms with Crippen LogP contribution in [0.5, 0.6) is 0 Å². The van der Waals surface area contributed by atoms with Crippen LogP contribution in [-0.4, -0.2) is 13.6 Å². The van der Waals surface area contributed by atoms with Crippen molar-refractivity contribution in [2.75, 3.05) is 0 Å². The lowest BCUT2D eigenvalue weighted by atomic mass is 10.2. The molecular weight excluding hydrogens is 332 g/mol. The van der Waals surface area contributed by atoms with Gasteiger partial charge in [-0.1, -0.05) is 35.0 Å². The molecule has 0 aliphatic carbocycles. The van der Waals surface area contributed by atoms with Crippen molar-refractivity contribution < 1.29 is 12.9 Å². The minimum atomic E-state index is -3.43. The van der Waals surface area contributed by atoms with Gasteiger partial charge in [0.15, 0.2) is 5.76 Å². The zero-order chi connectivity index (χ0) is 13.9. The highest BCUT2D eigenvalue weighted by atomic mass is 79.9. The molecule has 1 aromatic heterocycles. The van der Waals surface area contributed by atoms with Crippen molar-refractivity contribution in [1.29, 1.82) is 0 Å². The lowest BCUT2D eigenvalue weighted by Gasteiger charge is -2.05. The van der Waals surface area contributed by atoms with E-state index in [-0.39, 0.29) is 12.3 Å². The van der Waals surface area contributed by atoms with E-state index in [1.807, 2.05) is 31.2 Å². The molecule has 2 rings (SSSR count). The number of nitrogens with zero attached hydrogens (tertiary/aromatic N) is 1. The first-order valence-electron chi connectivity index (χ1n) is 5.58. The van der Waals surface area contributed by atoms with E-state index >= 15 is 0 Å². The monoisotopic (exact) mass is 344 g/mol. The normalized spacial score (nSPS) is 11.7. The molecule has 0 amide bonds. The third-order valence-electron chi connectivity index (χ3n) is 2.48. The van der Waals surface area contributed by atoms with E-state index < -0.39 is 10.0 Å². The van der Waals surface area contributed by atoms with Crippen molar-refractivity contribution in [2.24, 2.45) is 0 Å². The van der Waals surface area contributed by atoms with Gasteiger partial charge in [-0.2, -0.15) is 0 Å². The molecule has 0 radical (unpaired) electrons. The molecule has 7 heteroatoms. The van der Waals surface area contributed by atoms with Gasteiger partial charge in [-0.3, -0.25) is 0 Å². The molecule has 1 heterocycles. The van der Waals surface area contributed by atoms with Gasteiger partial charge in [0.2, 0.25) is 10.0 Å². The molecule has 2 aromatic rings. The van der Waals surface area contributed by atoms with Crippen LogP contribution < -0.4 is 4.72 Å². The molecule has 19 heavy (non-hydrogen) atoms. The quantitative estimate of drug-likeness (QED) is 0.903. The van der Waals surface area contributed by atoms with Crippen molar-refractivity contribution in [2.45, 2.75) is 19.2 Å². The molecule has 0 aliphatic heterocycles. The third-order valence-corrected chi connectivity index (χ3v) is 4.10. The lowest BCUT2D eigenvalue weighted by molar-refractivity contribution is 0.389. The first-order chi connectivity index (χ1) is 8.94. The number of sulfonamides is 1. The summed E-state index contributed by atoms with van der Waals surface area (Å²) in [6.07, 6.45) is 0. The summed E-state index contributed by atoms with van der Waals surface area (Å²) in [6, 6.07) is 9.20. The fourth-order valence-corrected chi connectivity index (χ4v) is 2.82. The summed E-state index contributed by atoms with van der Waals surface area (Å²) in [6.45, 7) is 2.24. The molecule has 0 aliphatic rings. The van der Waals surface area contributed by atoms with Gasteiger partial charge in [0, 0.05) is 12.6 Å². The van der Waals surface area contributed by atoms with Crippen LogP contribution in [0.3, 0.4) is 0 Å². The summed E-state index contributed by atoms with van der Waals surface area (Å²) < 4.78 is 31.5. The maximum absolute atomic E-state index is 11.8. The van der Waals surface area contributed by atoms with Gasteiger partial charge in [0.25, 0.3) is 0 Å². The Hall–Kier alpha value is -1.18. The Morgan fingerprint density at radius 3 is 2.58 bits per heavy atom. The van der Waals surface area contributed by atoms with Crippen molar-refractivity contribution in [3.63, 3.8) is 0 Å². The highest BCUT2D eigenvalue weighted by Gasteiger charge is 2.14. The summed E-state index contributed by atoms with van der Waals surface area (Å²) in [5.41, 5.74) is 2.05. The second kappa shape index (κ2) is 5.85. The smallest absolute Gasteiger partial charge is 0.219 e. The Kier molecular flexibility index (Phi) is 4.38. The number of halogens is 1. The largest absolute Gasteiger partial charge is 0.359 e. The molecule has 0 atom stereocenters. The number of hydrogen-bond acceptors (Lipinski definition) is 4. The van der Waals surface area contributed by atoms with Gasteiger partial charge < -0.3 is 4.52 Å². The maximum atomic E-state index is 11.8. The molecule has 1 aromatic carbocycles. The molecule has 0 bridgehead atoms. The van der Waals surface area contributed by atoms with E-state index in [2.05, 4.69) is 25.8 Å². The van der Waals surface area contributed by atoms with E-state index in [1.165, 1.54) is 6.07 Å². The van der Waals surface area contributed by atoms with E-state index in [1.54, 1.807) is 0 Å². The predicted molar refractivity (Wildman–Crippen MR) is 74.8 cm³/mol. The minimum Gasteiger partial charge on any atom is -0.359 e. The van der Waals surface area contributed by atoms with Gasteiger partial charge in [0.05, 0.1) is 0 Å². The summed E-state index contributed by atoms with van der Waals surface area (Å²) in [4.78, 5) is 0. The molecule has 0 saturated carbocycles. The standard InChI is InChI=1S/C12H13BrN2O3S/c1-9-2-4-10(5-3-9)7-14-19(16,17)8-11-6-12(13)15-18-11/h2-6,14H,7-8H2,1H3. The molecule has 1 N–H and O–H groups in total. The van der Waals surface area contributed by atoms with Crippen LogP contribution in [0.1, 0.15) is 16.9 Å². The molecule has 102 valence electrons. The Morgan fingerprint density at radius 1 is 1.32 bits per heavy atom. The number of benzene rings is 1. The summed E-state index contributed by atoms with van der Waals surface area (Å²) in [7, 11) is -3.43. The number of rotatable bonds is 5. The van der Waals surface area contributed by atoms with Crippen LogP contribution in [0.4, 0.5) is 0 Å². The molecule has 0 spiro atoms. The highest BCUT2D eigenvalue weighted by molar-refractivity contribution is 9.10. The fraction of sp³-hybridized carbons (Fsp3) is 0.250. The highest BCUT2D eigenvalue weighted by Crippen LogP contribution is 2.12. The topological polar surface area (TPSA) is 72.2 Å². The van der Waals surface area contributed by atoms with Crippen LogP contribution in [0.15, 0.2) is 39.5 Å². The van der Waals surface area contributed by atoms with Gasteiger partial charge in [-0.05, 0) is 28.4 Å². The number of hydrogen-bond donors (Lipinski definition) is 1. The van der Waals surface area contributed by atoms with Gasteiger partial charge in [-0.15, -0.1) is 0 Å². The first-order valence-corrected chi connectivity index (χ1v) is 8.03. The Labute approximate surface area is 120 Å². The van der Waals surface area contributed by atoms with Crippen LogP contribution in [0.25, 0.3) is 0 Å². The average Bonchev–Trinajstić information content (AvgIpc) is 2.73. The average molecular weight is 345 g/mol. The van der Waals surface area contributed by atoms with E-state index in [0.29, 0.717) is 10.4 Å². The molecule has 0 saturated heterocycles. The lowest BCUT2D eigenvalue weighted by Crippen LogP contribution is -2.24. The number of aromatic nitrogens is 1. The molecule has 0 unspecified atom stereocenters. The van der Waals surface area contributed by atoms with E-state index in [0.717, 1.165) is 11.1 Å². The SMILES string of the molecule is Cc1ccc(CNS(=O)(=O)Cc2cc(Br)no2)cc1. The molecule has 0 fully saturated rings. The number of nitrogens with one attached hydrogen (secondary N) is 1. The predicted octanol–water partition coefficient (Wildman–Crippen LogP) is 2.37. The zero-order valence-electron chi connectivity index (χ0n) is 10.3. The Morgan fingerprint density at radius 2 is 2.00 bits per heavy atom. The Bertz CT molecular complexity index is 650. The number of aryl methyl sites for hydroxylation is 1. The van der Waals surface area contributed by atoms with Crippen molar-refractivity contribution in [3.8, 4) is 0 Å². The summed E-state index contributed by atoms with van der Waals surface area (Å²) >= 11 is 3.10. The van der Waals surface area contributed by atoms with Crippen LogP contribution in [0, 0.1) is 6.92 Å². The second-order valence-electron chi connectivity index (χ2n) is 4.18. The summed E-state index contributed by atoms with van der Waals surface area (Å²) in [5.74, 6) is 0.0700. The third kappa shape index (κ3) is 4.45. The van der Waals surface area contributed by atoms with Crippen LogP contribution in [-0.2, 0) is 22.3 Å². The maximum Gasteiger partial charge on any atom is 0.219 e. The van der Waals surface area contributed by atoms with Crippen molar-refractivity contribution in [1.82, 2.24) is 9.88 Å². The Balaban J connectivity index is 1.96. The zero-order valence-corrected chi connectivity index (χ0v) is 12.7. The molecular formula is C12H13BrN2O3S. The molecule has 5 nitrogen and oxygen atoms in total.